The van der Waals surface area contributed by atoms with E-state index in [2.05, 4.69) is 15.5 Å². The smallest absolute Gasteiger partial charge is 0.230 e. The summed E-state index contributed by atoms with van der Waals surface area (Å²) in [7, 11) is 0. The summed E-state index contributed by atoms with van der Waals surface area (Å²) in [6, 6.07) is 0.106. The molecule has 2 heterocycles. The molecule has 5 heteroatoms. The van der Waals surface area contributed by atoms with Gasteiger partial charge in [0.1, 0.15) is 0 Å². The summed E-state index contributed by atoms with van der Waals surface area (Å²) >= 11 is 0. The van der Waals surface area contributed by atoms with Crippen LogP contribution >= 0.6 is 0 Å². The summed E-state index contributed by atoms with van der Waals surface area (Å²) in [4.78, 5) is 4.61. The van der Waals surface area contributed by atoms with Crippen LogP contribution in [0.3, 0.4) is 0 Å². The summed E-state index contributed by atoms with van der Waals surface area (Å²) in [6.07, 6.45) is 5.37. The second-order valence-electron chi connectivity index (χ2n) is 5.85. The van der Waals surface area contributed by atoms with Crippen LogP contribution in [0.15, 0.2) is 4.52 Å². The molecule has 4 unspecified atom stereocenters. The molecule has 0 radical (unpaired) electrons. The molecular formula is C13H19N3O2. The molecule has 1 aromatic rings. The third-order valence-corrected chi connectivity index (χ3v) is 4.75. The van der Waals surface area contributed by atoms with Gasteiger partial charge in [-0.1, -0.05) is 11.6 Å². The van der Waals surface area contributed by atoms with E-state index in [0.29, 0.717) is 12.5 Å². The highest BCUT2D eigenvalue weighted by Crippen LogP contribution is 2.52. The fourth-order valence-corrected chi connectivity index (χ4v) is 3.82. The number of nitrogens with one attached hydrogen (secondary N) is 1. The molecule has 1 aromatic heterocycles. The monoisotopic (exact) mass is 249 g/mol. The van der Waals surface area contributed by atoms with E-state index in [9.17, 15) is 0 Å². The molecule has 0 spiro atoms. The second-order valence-corrected chi connectivity index (χ2v) is 5.85. The van der Waals surface area contributed by atoms with Crippen molar-refractivity contribution >= 4 is 0 Å². The van der Waals surface area contributed by atoms with Crippen molar-refractivity contribution < 1.29 is 9.26 Å². The Balaban J connectivity index is 1.51. The van der Waals surface area contributed by atoms with Gasteiger partial charge in [-0.2, -0.15) is 4.98 Å². The Bertz CT molecular complexity index is 428. The standard InChI is InChI=1S/C13H19N3O2/c1-2-9-5-8(1)6-10(9)13-15-12(16-18-13)11-7-17-4-3-14-11/h8-11,14H,1-7H2. The van der Waals surface area contributed by atoms with E-state index in [0.717, 1.165) is 36.7 Å². The largest absolute Gasteiger partial charge is 0.378 e. The van der Waals surface area contributed by atoms with Gasteiger partial charge in [0.2, 0.25) is 5.89 Å². The van der Waals surface area contributed by atoms with Crippen LogP contribution in [0.5, 0.6) is 0 Å². The zero-order valence-electron chi connectivity index (χ0n) is 10.5. The molecule has 2 saturated carbocycles. The molecule has 2 aliphatic carbocycles. The van der Waals surface area contributed by atoms with Crippen molar-refractivity contribution in [2.75, 3.05) is 19.8 Å². The number of hydrogen-bond donors (Lipinski definition) is 1. The Hall–Kier alpha value is -0.940. The van der Waals surface area contributed by atoms with Crippen LogP contribution in [-0.4, -0.2) is 29.9 Å². The summed E-state index contributed by atoms with van der Waals surface area (Å²) in [5.41, 5.74) is 0. The lowest BCUT2D eigenvalue weighted by atomic mass is 9.89. The summed E-state index contributed by atoms with van der Waals surface area (Å²) in [5.74, 6) is 3.86. The summed E-state index contributed by atoms with van der Waals surface area (Å²) in [6.45, 7) is 2.28. The molecule has 4 rings (SSSR count). The van der Waals surface area contributed by atoms with E-state index < -0.39 is 0 Å². The number of rotatable bonds is 2. The SMILES string of the molecule is C1COCC(c2noc(C3CC4CCC3C4)n2)N1. The summed E-state index contributed by atoms with van der Waals surface area (Å²) < 4.78 is 10.9. The van der Waals surface area contributed by atoms with Crippen LogP contribution < -0.4 is 5.32 Å². The first-order valence-corrected chi connectivity index (χ1v) is 7.05. The third kappa shape index (κ3) is 1.77. The van der Waals surface area contributed by atoms with Gasteiger partial charge in [0.15, 0.2) is 5.82 Å². The molecule has 1 N–H and O–H groups in total. The molecule has 1 saturated heterocycles. The molecule has 3 fully saturated rings. The van der Waals surface area contributed by atoms with E-state index >= 15 is 0 Å². The average Bonchev–Trinajstić information content (AvgIpc) is 3.15. The Labute approximate surface area is 106 Å². The second kappa shape index (κ2) is 4.31. The fraction of sp³-hybridized carbons (Fsp3) is 0.846. The Kier molecular flexibility index (Phi) is 2.62. The summed E-state index contributed by atoms with van der Waals surface area (Å²) in [5, 5.41) is 7.50. The van der Waals surface area contributed by atoms with Crippen LogP contribution in [-0.2, 0) is 4.74 Å². The number of aromatic nitrogens is 2. The van der Waals surface area contributed by atoms with Gasteiger partial charge < -0.3 is 14.6 Å². The number of hydrogen-bond acceptors (Lipinski definition) is 5. The van der Waals surface area contributed by atoms with Crippen molar-refractivity contribution in [3.8, 4) is 0 Å². The maximum Gasteiger partial charge on any atom is 0.230 e. The lowest BCUT2D eigenvalue weighted by Gasteiger charge is -2.20. The van der Waals surface area contributed by atoms with Crippen molar-refractivity contribution in [3.05, 3.63) is 11.7 Å². The zero-order valence-corrected chi connectivity index (χ0v) is 10.5. The van der Waals surface area contributed by atoms with Crippen LogP contribution in [0, 0.1) is 11.8 Å². The molecule has 4 atom stereocenters. The first-order chi connectivity index (χ1) is 8.90. The molecule has 5 nitrogen and oxygen atoms in total. The highest BCUT2D eigenvalue weighted by atomic mass is 16.5. The minimum Gasteiger partial charge on any atom is -0.378 e. The van der Waals surface area contributed by atoms with Gasteiger partial charge in [-0.25, -0.2) is 0 Å². The zero-order chi connectivity index (χ0) is 11.9. The fourth-order valence-electron chi connectivity index (χ4n) is 3.82. The molecule has 0 aromatic carbocycles. The predicted molar refractivity (Wildman–Crippen MR) is 64.0 cm³/mol. The Morgan fingerprint density at radius 3 is 2.94 bits per heavy atom. The molecule has 3 aliphatic rings. The van der Waals surface area contributed by atoms with Crippen LogP contribution in [0.2, 0.25) is 0 Å². The number of fused-ring (bicyclic) bond motifs is 2. The van der Waals surface area contributed by atoms with Crippen molar-refractivity contribution in [2.24, 2.45) is 11.8 Å². The van der Waals surface area contributed by atoms with Crippen LogP contribution in [0.25, 0.3) is 0 Å². The van der Waals surface area contributed by atoms with Gasteiger partial charge >= 0.3 is 0 Å². The third-order valence-electron chi connectivity index (χ3n) is 4.75. The van der Waals surface area contributed by atoms with Gasteiger partial charge in [0.25, 0.3) is 0 Å². The van der Waals surface area contributed by atoms with Crippen molar-refractivity contribution in [1.82, 2.24) is 15.5 Å². The lowest BCUT2D eigenvalue weighted by molar-refractivity contribution is 0.0734. The highest BCUT2D eigenvalue weighted by Gasteiger charge is 2.43. The van der Waals surface area contributed by atoms with Gasteiger partial charge in [0.05, 0.1) is 19.3 Å². The van der Waals surface area contributed by atoms with E-state index in [1.807, 2.05) is 0 Å². The number of morpholine rings is 1. The quantitative estimate of drug-likeness (QED) is 0.863. The topological polar surface area (TPSA) is 60.2 Å². The molecular weight excluding hydrogens is 230 g/mol. The van der Waals surface area contributed by atoms with E-state index in [-0.39, 0.29) is 6.04 Å². The molecule has 98 valence electrons. The van der Waals surface area contributed by atoms with Gasteiger partial charge in [-0.15, -0.1) is 0 Å². The predicted octanol–water partition coefficient (Wildman–Crippen LogP) is 1.63. The maximum absolute atomic E-state index is 5.50. The van der Waals surface area contributed by atoms with Crippen molar-refractivity contribution in [1.29, 1.82) is 0 Å². The first-order valence-electron chi connectivity index (χ1n) is 7.05. The first kappa shape index (κ1) is 10.9. The molecule has 0 amide bonds. The van der Waals surface area contributed by atoms with E-state index in [1.165, 1.54) is 25.7 Å². The molecule has 18 heavy (non-hydrogen) atoms. The van der Waals surface area contributed by atoms with Gasteiger partial charge in [0, 0.05) is 12.5 Å². The Morgan fingerprint density at radius 1 is 1.22 bits per heavy atom. The van der Waals surface area contributed by atoms with Crippen molar-refractivity contribution in [2.45, 2.75) is 37.6 Å². The lowest BCUT2D eigenvalue weighted by Crippen LogP contribution is -2.35. The average molecular weight is 249 g/mol. The minimum atomic E-state index is 0.106. The van der Waals surface area contributed by atoms with Gasteiger partial charge in [-0.3, -0.25) is 0 Å². The van der Waals surface area contributed by atoms with E-state index in [4.69, 9.17) is 9.26 Å². The molecule has 2 bridgehead atoms. The highest BCUT2D eigenvalue weighted by molar-refractivity contribution is 5.06. The normalized spacial score (nSPS) is 39.3. The number of nitrogens with zero attached hydrogens (tertiary/aromatic N) is 2. The van der Waals surface area contributed by atoms with Gasteiger partial charge in [-0.05, 0) is 31.1 Å². The van der Waals surface area contributed by atoms with Crippen LogP contribution in [0.4, 0.5) is 0 Å². The van der Waals surface area contributed by atoms with Crippen molar-refractivity contribution in [3.63, 3.8) is 0 Å². The van der Waals surface area contributed by atoms with E-state index in [1.54, 1.807) is 0 Å². The molecule has 1 aliphatic heterocycles. The Morgan fingerprint density at radius 2 is 2.22 bits per heavy atom. The maximum atomic E-state index is 5.50. The minimum absolute atomic E-state index is 0.106. The number of ether oxygens (including phenoxy) is 1. The van der Waals surface area contributed by atoms with Crippen LogP contribution in [0.1, 0.15) is 49.4 Å².